The van der Waals surface area contributed by atoms with Crippen molar-refractivity contribution in [3.05, 3.63) is 158 Å². The maximum atomic E-state index is 13.1. The molecule has 0 aromatic carbocycles. The van der Waals surface area contributed by atoms with E-state index in [1.54, 1.807) is 0 Å². The van der Waals surface area contributed by atoms with E-state index in [9.17, 15) is 43.5 Å². The van der Waals surface area contributed by atoms with Crippen molar-refractivity contribution in [1.82, 2.24) is 0 Å². The third kappa shape index (κ3) is 95.7. The SMILES string of the molecule is CC/C=C\C/C=C\C/C=C\C/C=C\C/C=C\CCCCCCCCCCCCCCCC(=O)OCC(COP(=O)(O)OCC(O)COP(=O)(O)OCC(O)COC(=O)CCCCCCCCCCCCCCCCC/C=C\C/C=C\C/C=C\C/C=C\CCCCC)OC(=O)CCCCCCCCCCC/C=C\C/C=C\C/C=C\C/C=C\CCCCC. The van der Waals surface area contributed by atoms with Crippen LogP contribution in [0.3, 0.4) is 0 Å². The highest BCUT2D eigenvalue weighted by molar-refractivity contribution is 7.47. The molecule has 0 heterocycles. The molecular formula is C103H178O16P2. The Hall–Kier alpha value is -4.83. The first-order valence-electron chi connectivity index (χ1n) is 48.8. The number of ether oxygens (including phenoxy) is 3. The van der Waals surface area contributed by atoms with Crippen molar-refractivity contribution >= 4 is 33.6 Å². The number of phosphoric ester groups is 2. The van der Waals surface area contributed by atoms with Crippen molar-refractivity contribution in [3.63, 3.8) is 0 Å². The monoisotopic (exact) mass is 1730 g/mol. The van der Waals surface area contributed by atoms with Gasteiger partial charge in [-0.15, -0.1) is 0 Å². The Labute approximate surface area is 740 Å². The molecule has 4 N–H and O–H groups in total. The number of unbranched alkanes of at least 4 members (excludes halogenated alkanes) is 43. The summed E-state index contributed by atoms with van der Waals surface area (Å²) >= 11 is 0. The van der Waals surface area contributed by atoms with Gasteiger partial charge in [0.2, 0.25) is 0 Å². The zero-order chi connectivity index (χ0) is 87.9. The molecule has 0 saturated carbocycles. The summed E-state index contributed by atoms with van der Waals surface area (Å²) in [6.45, 7) is 2.57. The van der Waals surface area contributed by atoms with Crippen molar-refractivity contribution in [2.45, 2.75) is 437 Å². The molecule has 5 unspecified atom stereocenters. The van der Waals surface area contributed by atoms with Gasteiger partial charge in [-0.05, 0) is 154 Å². The quantitative estimate of drug-likeness (QED) is 0.0146. The number of hydrogen-bond acceptors (Lipinski definition) is 14. The van der Waals surface area contributed by atoms with Crippen molar-refractivity contribution < 1.29 is 75.8 Å². The Morgan fingerprint density at radius 3 is 0.694 bits per heavy atom. The van der Waals surface area contributed by atoms with Gasteiger partial charge in [0.25, 0.3) is 0 Å². The summed E-state index contributed by atoms with van der Waals surface area (Å²) in [7, 11) is -9.82. The summed E-state index contributed by atoms with van der Waals surface area (Å²) in [5.41, 5.74) is 0. The van der Waals surface area contributed by atoms with E-state index >= 15 is 0 Å². The molecule has 0 aliphatic rings. The van der Waals surface area contributed by atoms with Gasteiger partial charge in [-0.1, -0.05) is 403 Å². The fourth-order valence-electron chi connectivity index (χ4n) is 13.3. The topological polar surface area (TPSA) is 231 Å². The van der Waals surface area contributed by atoms with Crippen LogP contribution in [-0.2, 0) is 55.8 Å². The summed E-state index contributed by atoms with van der Waals surface area (Å²) in [5.74, 6) is -1.57. The summed E-state index contributed by atoms with van der Waals surface area (Å²) in [5, 5.41) is 20.8. The molecule has 0 aliphatic carbocycles. The van der Waals surface area contributed by atoms with Crippen molar-refractivity contribution in [2.24, 2.45) is 0 Å². The second-order valence-electron chi connectivity index (χ2n) is 32.5. The molecule has 0 radical (unpaired) electrons. The zero-order valence-corrected chi connectivity index (χ0v) is 78.7. The second kappa shape index (κ2) is 94.3. The lowest BCUT2D eigenvalue weighted by Gasteiger charge is -2.21. The number of carbonyl (C=O) groups is 3. The lowest BCUT2D eigenvalue weighted by atomic mass is 10.0. The highest BCUT2D eigenvalue weighted by Gasteiger charge is 2.30. The van der Waals surface area contributed by atoms with Crippen LogP contribution in [0.4, 0.5) is 0 Å². The summed E-state index contributed by atoms with van der Waals surface area (Å²) in [4.78, 5) is 59.1. The summed E-state index contributed by atoms with van der Waals surface area (Å²) < 4.78 is 61.6. The third-order valence-electron chi connectivity index (χ3n) is 20.7. The van der Waals surface area contributed by atoms with Crippen LogP contribution in [0.1, 0.15) is 419 Å². The Morgan fingerprint density at radius 1 is 0.240 bits per heavy atom. The highest BCUT2D eigenvalue weighted by atomic mass is 31.2. The van der Waals surface area contributed by atoms with Gasteiger partial charge in [0.05, 0.1) is 26.4 Å². The average Bonchev–Trinajstić information content (AvgIpc) is 0.873. The van der Waals surface area contributed by atoms with Gasteiger partial charge in [-0.3, -0.25) is 32.5 Å². The number of rotatable bonds is 92. The van der Waals surface area contributed by atoms with E-state index in [1.165, 1.54) is 205 Å². The van der Waals surface area contributed by atoms with Crippen LogP contribution >= 0.6 is 15.6 Å². The van der Waals surface area contributed by atoms with Crippen LogP contribution in [0.5, 0.6) is 0 Å². The van der Waals surface area contributed by atoms with E-state index in [0.717, 1.165) is 154 Å². The normalized spacial score (nSPS) is 14.4. The van der Waals surface area contributed by atoms with E-state index in [0.29, 0.717) is 19.3 Å². The largest absolute Gasteiger partial charge is 0.472 e. The Kier molecular flexibility index (Phi) is 90.5. The van der Waals surface area contributed by atoms with E-state index in [2.05, 4.69) is 179 Å². The van der Waals surface area contributed by atoms with Crippen LogP contribution < -0.4 is 0 Å². The molecule has 18 heteroatoms. The maximum absolute atomic E-state index is 13.1. The molecule has 0 saturated heterocycles. The van der Waals surface area contributed by atoms with Crippen LogP contribution in [-0.4, -0.2) is 95.9 Å². The number of carbonyl (C=O) groups excluding carboxylic acids is 3. The molecule has 0 aromatic rings. The van der Waals surface area contributed by atoms with Crippen molar-refractivity contribution in [3.8, 4) is 0 Å². The van der Waals surface area contributed by atoms with Gasteiger partial charge in [-0.25, -0.2) is 9.13 Å². The lowest BCUT2D eigenvalue weighted by Crippen LogP contribution is -2.30. The van der Waals surface area contributed by atoms with Crippen LogP contribution in [0.25, 0.3) is 0 Å². The van der Waals surface area contributed by atoms with E-state index < -0.39 is 91.5 Å². The molecule has 0 rings (SSSR count). The molecule has 0 fully saturated rings. The molecule has 121 heavy (non-hydrogen) atoms. The first-order chi connectivity index (χ1) is 59.2. The fourth-order valence-corrected chi connectivity index (χ4v) is 14.9. The Morgan fingerprint density at radius 2 is 0.438 bits per heavy atom. The first kappa shape index (κ1) is 116. The molecule has 0 amide bonds. The predicted octanol–water partition coefficient (Wildman–Crippen LogP) is 30.5. The number of phosphoric acid groups is 2. The zero-order valence-electron chi connectivity index (χ0n) is 76.9. The number of aliphatic hydroxyl groups is 2. The number of esters is 3. The fraction of sp³-hybridized carbons (Fsp3) is 0.718. The van der Waals surface area contributed by atoms with Crippen LogP contribution in [0, 0.1) is 0 Å². The molecule has 0 bridgehead atoms. The minimum Gasteiger partial charge on any atom is -0.463 e. The lowest BCUT2D eigenvalue weighted by molar-refractivity contribution is -0.161. The smallest absolute Gasteiger partial charge is 0.463 e. The van der Waals surface area contributed by atoms with E-state index in [4.69, 9.17) is 32.3 Å². The van der Waals surface area contributed by atoms with Gasteiger partial charge >= 0.3 is 33.6 Å². The molecular weight excluding hydrogens is 1560 g/mol. The molecule has 0 aromatic heterocycles. The third-order valence-corrected chi connectivity index (χ3v) is 22.6. The molecule has 696 valence electrons. The number of aliphatic hydroxyl groups excluding tert-OH is 2. The van der Waals surface area contributed by atoms with Gasteiger partial charge in [0, 0.05) is 19.3 Å². The van der Waals surface area contributed by atoms with Crippen molar-refractivity contribution in [2.75, 3.05) is 39.6 Å². The molecule has 0 aliphatic heterocycles. The van der Waals surface area contributed by atoms with Gasteiger partial charge in [-0.2, -0.15) is 0 Å². The van der Waals surface area contributed by atoms with Crippen LogP contribution in [0.15, 0.2) is 158 Å². The predicted molar refractivity (Wildman–Crippen MR) is 509 cm³/mol. The van der Waals surface area contributed by atoms with Crippen molar-refractivity contribution in [1.29, 1.82) is 0 Å². The van der Waals surface area contributed by atoms with E-state index in [1.807, 2.05) is 0 Å². The highest BCUT2D eigenvalue weighted by Crippen LogP contribution is 2.45. The minimum absolute atomic E-state index is 0.0944. The standard InChI is InChI=1S/C103H178O16P2/c1-4-7-10-13-16-19-22-25-28-31-34-37-40-43-45-47-48-50-52-54-56-59-62-65-68-71-74-77-80-83-86-89-101(106)113-92-98(104)93-115-120(109,110)116-94-99(105)95-117-121(111,112)118-97-100(119-103(108)91-88-85-82-79-76-73-70-67-64-61-58-53-42-39-36-33-30-27-24-21-18-15-12-9-6-3)96-114-102(107)90-87-84-81-78-75-72-69-66-63-60-57-55-51-49-46-44-41-38-35-32-29-26-23-20-17-14-11-8-5-2/h8,11,16-21,25-30,34-39,43-46,53,58,98-100,104-105H,4-7,9-10,12-15,22-24,31-33,40-42,47-52,54-57,59-97H2,1-3H3,(H,109,110)(H,111,112)/b11-8-,19-16-,20-17-,21-18-,28-25-,29-26-,30-27-,37-34-,38-35-,39-36-,45-43-,46-44-,58-53-. The summed E-state index contributed by atoms with van der Waals surface area (Å²) in [6, 6.07) is 0. The molecule has 5 atom stereocenters. The number of hydrogen-bond donors (Lipinski definition) is 4. The summed E-state index contributed by atoms with van der Waals surface area (Å²) in [6.07, 6.45) is 121. The second-order valence-corrected chi connectivity index (χ2v) is 35.4. The van der Waals surface area contributed by atoms with Gasteiger partial charge in [0.15, 0.2) is 6.10 Å². The number of allylic oxidation sites excluding steroid dienone is 26. The minimum atomic E-state index is -4.95. The Balaban J connectivity index is 4.62. The molecule has 0 spiro atoms. The first-order valence-corrected chi connectivity index (χ1v) is 51.8. The molecule has 16 nitrogen and oxygen atoms in total. The maximum Gasteiger partial charge on any atom is 0.472 e. The average molecular weight is 1730 g/mol. The van der Waals surface area contributed by atoms with Gasteiger partial charge < -0.3 is 34.2 Å². The van der Waals surface area contributed by atoms with Gasteiger partial charge in [0.1, 0.15) is 25.4 Å². The van der Waals surface area contributed by atoms with E-state index in [-0.39, 0.29) is 19.3 Å². The Bertz CT molecular complexity index is 2830. The van der Waals surface area contributed by atoms with Crippen LogP contribution in [0.2, 0.25) is 0 Å².